The van der Waals surface area contributed by atoms with Gasteiger partial charge in [0.05, 0.1) is 0 Å². The highest BCUT2D eigenvalue weighted by Gasteiger charge is 2.03. The highest BCUT2D eigenvalue weighted by molar-refractivity contribution is 9.10. The summed E-state index contributed by atoms with van der Waals surface area (Å²) in [5.41, 5.74) is 2.33. The van der Waals surface area contributed by atoms with Crippen LogP contribution in [0.4, 0.5) is 0 Å². The molecule has 2 aromatic carbocycles. The van der Waals surface area contributed by atoms with Crippen molar-refractivity contribution in [3.63, 3.8) is 0 Å². The fourth-order valence-corrected chi connectivity index (χ4v) is 2.07. The normalized spacial score (nSPS) is 10.4. The summed E-state index contributed by atoms with van der Waals surface area (Å²) in [7, 11) is 1.94. The van der Waals surface area contributed by atoms with Crippen LogP contribution in [0.2, 0.25) is 0 Å². The third kappa shape index (κ3) is 3.34. The van der Waals surface area contributed by atoms with E-state index in [2.05, 4.69) is 33.4 Å². The van der Waals surface area contributed by atoms with Crippen molar-refractivity contribution >= 4 is 15.9 Å². The lowest BCUT2D eigenvalue weighted by Gasteiger charge is -2.10. The van der Waals surface area contributed by atoms with Gasteiger partial charge in [-0.05, 0) is 49.4 Å². The zero-order valence-electron chi connectivity index (χ0n) is 10.5. The molecule has 18 heavy (non-hydrogen) atoms. The van der Waals surface area contributed by atoms with Gasteiger partial charge in [0.2, 0.25) is 0 Å². The van der Waals surface area contributed by atoms with Gasteiger partial charge in [-0.3, -0.25) is 0 Å². The first-order chi connectivity index (χ1) is 8.69. The second-order valence-corrected chi connectivity index (χ2v) is 5.11. The van der Waals surface area contributed by atoms with E-state index in [0.717, 1.165) is 28.1 Å². The summed E-state index contributed by atoms with van der Waals surface area (Å²) < 4.78 is 6.94. The first-order valence-electron chi connectivity index (χ1n) is 5.86. The van der Waals surface area contributed by atoms with Gasteiger partial charge in [-0.15, -0.1) is 0 Å². The van der Waals surface area contributed by atoms with E-state index >= 15 is 0 Å². The Hall–Kier alpha value is -1.32. The van der Waals surface area contributed by atoms with Gasteiger partial charge in [0, 0.05) is 11.0 Å². The van der Waals surface area contributed by atoms with Crippen LogP contribution >= 0.6 is 15.9 Å². The molecule has 94 valence electrons. The molecule has 0 aliphatic carbocycles. The Kier molecular flexibility index (Phi) is 4.39. The summed E-state index contributed by atoms with van der Waals surface area (Å²) in [5, 5.41) is 3.13. The third-order valence-corrected chi connectivity index (χ3v) is 3.15. The Bertz CT molecular complexity index is 540. The Morgan fingerprint density at radius 2 is 2.00 bits per heavy atom. The molecule has 2 aromatic rings. The van der Waals surface area contributed by atoms with Crippen molar-refractivity contribution in [1.82, 2.24) is 5.32 Å². The molecule has 0 bridgehead atoms. The Labute approximate surface area is 116 Å². The lowest BCUT2D eigenvalue weighted by Crippen LogP contribution is -2.04. The molecule has 0 saturated heterocycles. The molecule has 0 fully saturated rings. The van der Waals surface area contributed by atoms with Crippen molar-refractivity contribution in [2.24, 2.45) is 0 Å². The number of rotatable bonds is 4. The quantitative estimate of drug-likeness (QED) is 0.911. The van der Waals surface area contributed by atoms with E-state index in [1.165, 1.54) is 5.56 Å². The predicted molar refractivity (Wildman–Crippen MR) is 78.2 cm³/mol. The molecule has 3 heteroatoms. The molecule has 0 aliphatic heterocycles. The van der Waals surface area contributed by atoms with E-state index < -0.39 is 0 Å². The van der Waals surface area contributed by atoms with Gasteiger partial charge in [-0.2, -0.15) is 0 Å². The van der Waals surface area contributed by atoms with Crippen LogP contribution in [0.1, 0.15) is 11.1 Å². The monoisotopic (exact) mass is 305 g/mol. The highest BCUT2D eigenvalue weighted by atomic mass is 79.9. The summed E-state index contributed by atoms with van der Waals surface area (Å²) in [5.74, 6) is 1.75. The summed E-state index contributed by atoms with van der Waals surface area (Å²) in [6, 6.07) is 14.2. The van der Waals surface area contributed by atoms with Gasteiger partial charge < -0.3 is 10.1 Å². The second-order valence-electron chi connectivity index (χ2n) is 4.19. The largest absolute Gasteiger partial charge is 0.457 e. The van der Waals surface area contributed by atoms with Crippen molar-refractivity contribution in [3.8, 4) is 11.5 Å². The Morgan fingerprint density at radius 3 is 2.78 bits per heavy atom. The highest BCUT2D eigenvalue weighted by Crippen LogP contribution is 2.28. The van der Waals surface area contributed by atoms with E-state index in [9.17, 15) is 0 Å². The minimum atomic E-state index is 0.842. The number of hydrogen-bond acceptors (Lipinski definition) is 2. The fourth-order valence-electron chi connectivity index (χ4n) is 1.73. The fraction of sp³-hybridized carbons (Fsp3) is 0.200. The zero-order chi connectivity index (χ0) is 13.0. The van der Waals surface area contributed by atoms with E-state index in [1.807, 2.05) is 44.3 Å². The number of benzene rings is 2. The predicted octanol–water partition coefficient (Wildman–Crippen LogP) is 4.27. The van der Waals surface area contributed by atoms with E-state index in [0.29, 0.717) is 0 Å². The van der Waals surface area contributed by atoms with Crippen LogP contribution in [0.25, 0.3) is 0 Å². The third-order valence-electron chi connectivity index (χ3n) is 2.66. The summed E-state index contributed by atoms with van der Waals surface area (Å²) >= 11 is 3.46. The van der Waals surface area contributed by atoms with Gasteiger partial charge in [-0.1, -0.05) is 34.1 Å². The molecule has 0 aromatic heterocycles. The van der Waals surface area contributed by atoms with Crippen LogP contribution in [0.5, 0.6) is 11.5 Å². The molecule has 2 rings (SSSR count). The van der Waals surface area contributed by atoms with Crippen molar-refractivity contribution in [1.29, 1.82) is 0 Å². The van der Waals surface area contributed by atoms with Gasteiger partial charge in [0.1, 0.15) is 11.5 Å². The van der Waals surface area contributed by atoms with Crippen LogP contribution in [-0.4, -0.2) is 7.05 Å². The first-order valence-corrected chi connectivity index (χ1v) is 6.66. The number of ether oxygens (including phenoxy) is 1. The summed E-state index contributed by atoms with van der Waals surface area (Å²) in [6.45, 7) is 2.88. The average molecular weight is 306 g/mol. The lowest BCUT2D eigenvalue weighted by molar-refractivity contribution is 0.477. The van der Waals surface area contributed by atoms with Gasteiger partial charge >= 0.3 is 0 Å². The number of halogens is 1. The molecule has 0 saturated carbocycles. The smallest absolute Gasteiger partial charge is 0.131 e. The maximum absolute atomic E-state index is 5.92. The molecule has 0 atom stereocenters. The topological polar surface area (TPSA) is 21.3 Å². The van der Waals surface area contributed by atoms with E-state index in [4.69, 9.17) is 4.74 Å². The molecular formula is C15H16BrNO. The van der Waals surface area contributed by atoms with E-state index in [1.54, 1.807) is 0 Å². The van der Waals surface area contributed by atoms with Crippen molar-refractivity contribution in [2.75, 3.05) is 7.05 Å². The molecule has 2 nitrogen and oxygen atoms in total. The standard InChI is InChI=1S/C15H16BrNO/c1-11-6-7-13(16)9-15(11)18-14-5-3-4-12(8-14)10-17-2/h3-9,17H,10H2,1-2H3. The van der Waals surface area contributed by atoms with Crippen molar-refractivity contribution < 1.29 is 4.74 Å². The molecule has 0 unspecified atom stereocenters. The lowest BCUT2D eigenvalue weighted by atomic mass is 10.2. The molecular weight excluding hydrogens is 290 g/mol. The van der Waals surface area contributed by atoms with Crippen LogP contribution < -0.4 is 10.1 Å². The summed E-state index contributed by atoms with van der Waals surface area (Å²) in [4.78, 5) is 0. The molecule has 0 aliphatic rings. The van der Waals surface area contributed by atoms with Gasteiger partial charge in [-0.25, -0.2) is 0 Å². The van der Waals surface area contributed by atoms with Crippen molar-refractivity contribution in [3.05, 3.63) is 58.1 Å². The Morgan fingerprint density at radius 1 is 1.17 bits per heavy atom. The molecule has 0 heterocycles. The number of nitrogens with one attached hydrogen (secondary N) is 1. The van der Waals surface area contributed by atoms with Crippen LogP contribution in [0.15, 0.2) is 46.9 Å². The Balaban J connectivity index is 2.22. The van der Waals surface area contributed by atoms with Crippen LogP contribution in [0.3, 0.4) is 0 Å². The first kappa shape index (κ1) is 13.1. The van der Waals surface area contributed by atoms with E-state index in [-0.39, 0.29) is 0 Å². The molecule has 0 amide bonds. The number of hydrogen-bond donors (Lipinski definition) is 1. The average Bonchev–Trinajstić information content (AvgIpc) is 2.35. The van der Waals surface area contributed by atoms with Crippen molar-refractivity contribution in [2.45, 2.75) is 13.5 Å². The maximum atomic E-state index is 5.92. The second kappa shape index (κ2) is 6.03. The van der Waals surface area contributed by atoms with Crippen LogP contribution in [-0.2, 0) is 6.54 Å². The SMILES string of the molecule is CNCc1cccc(Oc2cc(Br)ccc2C)c1. The maximum Gasteiger partial charge on any atom is 0.131 e. The zero-order valence-corrected chi connectivity index (χ0v) is 12.1. The van der Waals surface area contributed by atoms with Gasteiger partial charge in [0.25, 0.3) is 0 Å². The molecule has 0 spiro atoms. The van der Waals surface area contributed by atoms with Gasteiger partial charge in [0.15, 0.2) is 0 Å². The van der Waals surface area contributed by atoms with Crippen LogP contribution in [0, 0.1) is 6.92 Å². The number of aryl methyl sites for hydroxylation is 1. The minimum absolute atomic E-state index is 0.842. The molecule has 1 N–H and O–H groups in total. The molecule has 0 radical (unpaired) electrons. The summed E-state index contributed by atoms with van der Waals surface area (Å²) in [6.07, 6.45) is 0. The minimum Gasteiger partial charge on any atom is -0.457 e.